The maximum absolute atomic E-state index is 12.2. The van der Waals surface area contributed by atoms with Crippen molar-refractivity contribution in [3.63, 3.8) is 0 Å². The number of fused-ring (bicyclic) bond motifs is 1. The Morgan fingerprint density at radius 1 is 1.44 bits per heavy atom. The molecule has 3 aromatic rings. The Labute approximate surface area is 107 Å². The number of rotatable bonds is 2. The molecule has 0 unspecified atom stereocenters. The standard InChI is InChI=1S/C12H10N4OS/c1-8-15-9(7-18-8)6-16-12(17)10-3-2-4-13-11(10)5-14-16/h2-5,7H,6H2,1H3. The van der Waals surface area contributed by atoms with Crippen molar-refractivity contribution in [3.8, 4) is 0 Å². The first-order valence-electron chi connectivity index (χ1n) is 5.46. The molecule has 3 aromatic heterocycles. The highest BCUT2D eigenvalue weighted by Gasteiger charge is 2.06. The van der Waals surface area contributed by atoms with Crippen LogP contribution in [0.15, 0.2) is 34.7 Å². The number of aryl methyl sites for hydroxylation is 1. The minimum Gasteiger partial charge on any atom is -0.267 e. The molecule has 6 heteroatoms. The van der Waals surface area contributed by atoms with Crippen LogP contribution in [0, 0.1) is 6.92 Å². The van der Waals surface area contributed by atoms with Crippen LogP contribution in [0.3, 0.4) is 0 Å². The molecule has 0 saturated heterocycles. The smallest absolute Gasteiger partial charge is 0.267 e. The summed E-state index contributed by atoms with van der Waals surface area (Å²) >= 11 is 1.57. The summed E-state index contributed by atoms with van der Waals surface area (Å²) in [5.41, 5.74) is 1.34. The fraction of sp³-hybridized carbons (Fsp3) is 0.167. The molecule has 0 bridgehead atoms. The lowest BCUT2D eigenvalue weighted by atomic mass is 10.3. The average Bonchev–Trinajstić information content (AvgIpc) is 2.79. The van der Waals surface area contributed by atoms with Crippen LogP contribution in [0.25, 0.3) is 10.9 Å². The van der Waals surface area contributed by atoms with Gasteiger partial charge in [-0.15, -0.1) is 11.3 Å². The molecule has 5 nitrogen and oxygen atoms in total. The van der Waals surface area contributed by atoms with Gasteiger partial charge in [0, 0.05) is 11.6 Å². The summed E-state index contributed by atoms with van der Waals surface area (Å²) in [6.45, 7) is 2.34. The molecule has 3 heterocycles. The fourth-order valence-corrected chi connectivity index (χ4v) is 2.37. The van der Waals surface area contributed by atoms with Gasteiger partial charge in [0.15, 0.2) is 0 Å². The summed E-state index contributed by atoms with van der Waals surface area (Å²) in [6.07, 6.45) is 3.26. The summed E-state index contributed by atoms with van der Waals surface area (Å²) in [5.74, 6) is 0. The maximum Gasteiger partial charge on any atom is 0.276 e. The number of hydrogen-bond donors (Lipinski definition) is 0. The highest BCUT2D eigenvalue weighted by atomic mass is 32.1. The molecular formula is C12H10N4OS. The van der Waals surface area contributed by atoms with Gasteiger partial charge in [-0.2, -0.15) is 5.10 Å². The van der Waals surface area contributed by atoms with Crippen molar-refractivity contribution in [3.05, 3.63) is 51.0 Å². The van der Waals surface area contributed by atoms with Gasteiger partial charge in [0.05, 0.1) is 34.3 Å². The zero-order valence-corrected chi connectivity index (χ0v) is 10.5. The molecule has 18 heavy (non-hydrogen) atoms. The van der Waals surface area contributed by atoms with E-state index in [0.717, 1.165) is 10.7 Å². The van der Waals surface area contributed by atoms with Gasteiger partial charge in [-0.25, -0.2) is 9.67 Å². The second kappa shape index (κ2) is 4.30. The lowest BCUT2D eigenvalue weighted by molar-refractivity contribution is 0.637. The van der Waals surface area contributed by atoms with Crippen LogP contribution in [0.1, 0.15) is 10.7 Å². The topological polar surface area (TPSA) is 60.7 Å². The van der Waals surface area contributed by atoms with Gasteiger partial charge in [-0.05, 0) is 19.1 Å². The molecule has 3 rings (SSSR count). The molecule has 0 aliphatic carbocycles. The van der Waals surface area contributed by atoms with Crippen LogP contribution < -0.4 is 5.56 Å². The Hall–Kier alpha value is -2.08. The van der Waals surface area contributed by atoms with Crippen LogP contribution in [-0.2, 0) is 6.54 Å². The van der Waals surface area contributed by atoms with Crippen molar-refractivity contribution in [2.75, 3.05) is 0 Å². The van der Waals surface area contributed by atoms with Gasteiger partial charge < -0.3 is 0 Å². The number of thiazole rings is 1. The maximum atomic E-state index is 12.2. The molecule has 0 N–H and O–H groups in total. The van der Waals surface area contributed by atoms with Crippen LogP contribution in [0.4, 0.5) is 0 Å². The molecule has 0 aliphatic rings. The van der Waals surface area contributed by atoms with Crippen LogP contribution in [0.5, 0.6) is 0 Å². The Balaban J connectivity index is 2.08. The molecule has 0 aromatic carbocycles. The third kappa shape index (κ3) is 1.91. The molecule has 0 atom stereocenters. The van der Waals surface area contributed by atoms with E-state index >= 15 is 0 Å². The first-order valence-corrected chi connectivity index (χ1v) is 6.34. The summed E-state index contributed by atoms with van der Waals surface area (Å²) in [7, 11) is 0. The van der Waals surface area contributed by atoms with E-state index in [-0.39, 0.29) is 5.56 Å². The second-order valence-corrected chi connectivity index (χ2v) is 4.96. The zero-order chi connectivity index (χ0) is 12.5. The van der Waals surface area contributed by atoms with Gasteiger partial charge in [0.1, 0.15) is 0 Å². The normalized spacial score (nSPS) is 10.9. The third-order valence-electron chi connectivity index (χ3n) is 2.60. The first kappa shape index (κ1) is 11.0. The van der Waals surface area contributed by atoms with E-state index in [9.17, 15) is 4.79 Å². The third-order valence-corrected chi connectivity index (χ3v) is 3.42. The molecule has 0 amide bonds. The molecule has 0 aliphatic heterocycles. The molecule has 0 spiro atoms. The lowest BCUT2D eigenvalue weighted by Gasteiger charge is -2.03. The average molecular weight is 258 g/mol. The Bertz CT molecular complexity index is 762. The van der Waals surface area contributed by atoms with E-state index in [1.165, 1.54) is 4.68 Å². The number of hydrogen-bond acceptors (Lipinski definition) is 5. The van der Waals surface area contributed by atoms with Gasteiger partial charge in [0.25, 0.3) is 5.56 Å². The second-order valence-electron chi connectivity index (χ2n) is 3.90. The van der Waals surface area contributed by atoms with Crippen molar-refractivity contribution in [2.45, 2.75) is 13.5 Å². The van der Waals surface area contributed by atoms with Crippen molar-refractivity contribution >= 4 is 22.2 Å². The van der Waals surface area contributed by atoms with E-state index in [1.807, 2.05) is 12.3 Å². The zero-order valence-electron chi connectivity index (χ0n) is 9.70. The SMILES string of the molecule is Cc1nc(Cn2ncc3ncccc3c2=O)cs1. The highest BCUT2D eigenvalue weighted by Crippen LogP contribution is 2.09. The molecule has 0 saturated carbocycles. The largest absolute Gasteiger partial charge is 0.276 e. The van der Waals surface area contributed by atoms with E-state index in [1.54, 1.807) is 35.9 Å². The van der Waals surface area contributed by atoms with Crippen LogP contribution in [0.2, 0.25) is 0 Å². The van der Waals surface area contributed by atoms with Crippen LogP contribution in [-0.4, -0.2) is 19.7 Å². The van der Waals surface area contributed by atoms with E-state index in [4.69, 9.17) is 0 Å². The Morgan fingerprint density at radius 3 is 3.11 bits per heavy atom. The number of nitrogens with zero attached hydrogens (tertiary/aromatic N) is 4. The summed E-state index contributed by atoms with van der Waals surface area (Å²) in [6, 6.07) is 3.51. The van der Waals surface area contributed by atoms with Crippen molar-refractivity contribution in [1.82, 2.24) is 19.7 Å². The van der Waals surface area contributed by atoms with Crippen molar-refractivity contribution < 1.29 is 0 Å². The van der Waals surface area contributed by atoms with Crippen molar-refractivity contribution in [2.24, 2.45) is 0 Å². The summed E-state index contributed by atoms with van der Waals surface area (Å²) in [4.78, 5) is 20.6. The van der Waals surface area contributed by atoms with Gasteiger partial charge in [0.2, 0.25) is 0 Å². The Morgan fingerprint density at radius 2 is 2.33 bits per heavy atom. The lowest BCUT2D eigenvalue weighted by Crippen LogP contribution is -2.23. The molecule has 0 radical (unpaired) electrons. The first-order chi connectivity index (χ1) is 8.74. The van der Waals surface area contributed by atoms with Crippen molar-refractivity contribution in [1.29, 1.82) is 0 Å². The minimum atomic E-state index is -0.133. The quantitative estimate of drug-likeness (QED) is 0.700. The van der Waals surface area contributed by atoms with Gasteiger partial charge in [-0.3, -0.25) is 9.78 Å². The number of aromatic nitrogens is 4. The summed E-state index contributed by atoms with van der Waals surface area (Å²) < 4.78 is 1.42. The fourth-order valence-electron chi connectivity index (χ4n) is 1.76. The monoisotopic (exact) mass is 258 g/mol. The highest BCUT2D eigenvalue weighted by molar-refractivity contribution is 7.09. The summed E-state index contributed by atoms with van der Waals surface area (Å²) in [5, 5.41) is 7.63. The van der Waals surface area contributed by atoms with Gasteiger partial charge in [-0.1, -0.05) is 0 Å². The predicted octanol–water partition coefficient (Wildman–Crippen LogP) is 1.60. The predicted molar refractivity (Wildman–Crippen MR) is 69.8 cm³/mol. The Kier molecular flexibility index (Phi) is 2.64. The molecule has 90 valence electrons. The molecule has 0 fully saturated rings. The van der Waals surface area contributed by atoms with Crippen LogP contribution >= 0.6 is 11.3 Å². The van der Waals surface area contributed by atoms with E-state index in [0.29, 0.717) is 17.4 Å². The minimum absolute atomic E-state index is 0.133. The van der Waals surface area contributed by atoms with Gasteiger partial charge >= 0.3 is 0 Å². The van der Waals surface area contributed by atoms with E-state index in [2.05, 4.69) is 15.1 Å². The van der Waals surface area contributed by atoms with E-state index < -0.39 is 0 Å². The number of pyridine rings is 1. The molecular weight excluding hydrogens is 248 g/mol.